The predicted molar refractivity (Wildman–Crippen MR) is 73.0 cm³/mol. The van der Waals surface area contributed by atoms with Gasteiger partial charge in [0.05, 0.1) is 7.11 Å². The third-order valence-electron chi connectivity index (χ3n) is 3.95. The van der Waals surface area contributed by atoms with Crippen LogP contribution in [-0.2, 0) is 9.53 Å². The standard InChI is InChI=1S/C15H19F2NO3/c1-18-15(14(19)20-2)7-3-4-11(9-15)21-13-6-5-10(16)8-12(13)17/h5-6,8,11,18H,3-4,7,9H2,1-2H3. The normalized spacial score (nSPS) is 25.4. The number of methoxy groups -OCH3 is 1. The Kier molecular flexibility index (Phi) is 4.77. The number of esters is 1. The van der Waals surface area contributed by atoms with Gasteiger partial charge in [-0.1, -0.05) is 0 Å². The van der Waals surface area contributed by atoms with E-state index in [1.165, 1.54) is 13.2 Å². The van der Waals surface area contributed by atoms with Gasteiger partial charge in [0.25, 0.3) is 0 Å². The van der Waals surface area contributed by atoms with E-state index in [2.05, 4.69) is 5.32 Å². The van der Waals surface area contributed by atoms with Crippen LogP contribution in [0, 0.1) is 11.6 Å². The van der Waals surface area contributed by atoms with Gasteiger partial charge in [0, 0.05) is 12.5 Å². The Balaban J connectivity index is 2.12. The number of ether oxygens (including phenoxy) is 2. The van der Waals surface area contributed by atoms with Crippen molar-refractivity contribution in [2.45, 2.75) is 37.3 Å². The van der Waals surface area contributed by atoms with Gasteiger partial charge < -0.3 is 14.8 Å². The smallest absolute Gasteiger partial charge is 0.326 e. The van der Waals surface area contributed by atoms with Gasteiger partial charge >= 0.3 is 5.97 Å². The van der Waals surface area contributed by atoms with Crippen LogP contribution in [-0.4, -0.2) is 31.8 Å². The lowest BCUT2D eigenvalue weighted by atomic mass is 9.80. The largest absolute Gasteiger partial charge is 0.487 e. The van der Waals surface area contributed by atoms with Crippen LogP contribution < -0.4 is 10.1 Å². The molecule has 0 aromatic heterocycles. The molecule has 6 heteroatoms. The molecule has 4 nitrogen and oxygen atoms in total. The van der Waals surface area contributed by atoms with E-state index in [0.717, 1.165) is 18.6 Å². The van der Waals surface area contributed by atoms with E-state index in [9.17, 15) is 13.6 Å². The Hall–Kier alpha value is -1.69. The van der Waals surface area contributed by atoms with Crippen molar-refractivity contribution in [3.8, 4) is 5.75 Å². The highest BCUT2D eigenvalue weighted by atomic mass is 19.1. The van der Waals surface area contributed by atoms with Gasteiger partial charge in [0.2, 0.25) is 0 Å². The molecule has 2 rings (SSSR count). The van der Waals surface area contributed by atoms with Crippen molar-refractivity contribution in [2.24, 2.45) is 0 Å². The van der Waals surface area contributed by atoms with Crippen molar-refractivity contribution in [3.63, 3.8) is 0 Å². The molecule has 2 unspecified atom stereocenters. The second kappa shape index (κ2) is 6.39. The van der Waals surface area contributed by atoms with Crippen LogP contribution in [0.2, 0.25) is 0 Å². The lowest BCUT2D eigenvalue weighted by Crippen LogP contribution is -2.55. The average Bonchev–Trinajstić information content (AvgIpc) is 2.49. The highest BCUT2D eigenvalue weighted by molar-refractivity contribution is 5.81. The zero-order valence-electron chi connectivity index (χ0n) is 12.1. The topological polar surface area (TPSA) is 47.6 Å². The summed E-state index contributed by atoms with van der Waals surface area (Å²) in [6.07, 6.45) is 2.15. The summed E-state index contributed by atoms with van der Waals surface area (Å²) in [6, 6.07) is 3.19. The van der Waals surface area contributed by atoms with Gasteiger partial charge in [-0.05, 0) is 38.4 Å². The van der Waals surface area contributed by atoms with E-state index >= 15 is 0 Å². The number of halogens is 2. The molecule has 116 valence electrons. The number of carbonyl (C=O) groups excluding carboxylic acids is 1. The van der Waals surface area contributed by atoms with Crippen molar-refractivity contribution in [1.82, 2.24) is 5.32 Å². The van der Waals surface area contributed by atoms with Crippen molar-refractivity contribution in [1.29, 1.82) is 0 Å². The van der Waals surface area contributed by atoms with E-state index in [1.54, 1.807) is 7.05 Å². The highest BCUT2D eigenvalue weighted by Gasteiger charge is 2.43. The van der Waals surface area contributed by atoms with Crippen molar-refractivity contribution >= 4 is 5.97 Å². The number of hydrogen-bond donors (Lipinski definition) is 1. The maximum Gasteiger partial charge on any atom is 0.326 e. The molecule has 1 saturated carbocycles. The maximum atomic E-state index is 13.6. The molecule has 1 N–H and O–H groups in total. The summed E-state index contributed by atoms with van der Waals surface area (Å²) in [7, 11) is 3.03. The van der Waals surface area contributed by atoms with Gasteiger partial charge in [-0.2, -0.15) is 0 Å². The molecule has 1 aromatic rings. The monoisotopic (exact) mass is 299 g/mol. The number of carbonyl (C=O) groups is 1. The maximum absolute atomic E-state index is 13.6. The minimum absolute atomic E-state index is 0.00170. The summed E-state index contributed by atoms with van der Waals surface area (Å²) >= 11 is 0. The molecule has 0 aliphatic heterocycles. The Morgan fingerprint density at radius 1 is 1.43 bits per heavy atom. The molecule has 0 amide bonds. The van der Waals surface area contributed by atoms with Gasteiger partial charge in [-0.15, -0.1) is 0 Å². The fraction of sp³-hybridized carbons (Fsp3) is 0.533. The zero-order chi connectivity index (χ0) is 15.5. The van der Waals surface area contributed by atoms with E-state index in [1.807, 2.05) is 0 Å². The molecular weight excluding hydrogens is 280 g/mol. The SMILES string of the molecule is CNC1(C(=O)OC)CCCC(Oc2ccc(F)cc2F)C1. The third-order valence-corrected chi connectivity index (χ3v) is 3.95. The fourth-order valence-electron chi connectivity index (χ4n) is 2.79. The molecule has 0 bridgehead atoms. The first kappa shape index (κ1) is 15.7. The van der Waals surface area contributed by atoms with E-state index in [0.29, 0.717) is 19.3 Å². The zero-order valence-corrected chi connectivity index (χ0v) is 12.1. The molecule has 1 aromatic carbocycles. The third kappa shape index (κ3) is 3.32. The Morgan fingerprint density at radius 2 is 2.19 bits per heavy atom. The second-order valence-corrected chi connectivity index (χ2v) is 5.23. The summed E-state index contributed by atoms with van der Waals surface area (Å²) < 4.78 is 37.0. The number of rotatable bonds is 4. The molecule has 0 saturated heterocycles. The predicted octanol–water partition coefficient (Wildman–Crippen LogP) is 2.42. The highest BCUT2D eigenvalue weighted by Crippen LogP contribution is 2.32. The summed E-state index contributed by atoms with van der Waals surface area (Å²) in [6.45, 7) is 0. The molecule has 21 heavy (non-hydrogen) atoms. The van der Waals surface area contributed by atoms with Crippen LogP contribution >= 0.6 is 0 Å². The molecule has 1 aliphatic carbocycles. The van der Waals surface area contributed by atoms with Crippen LogP contribution in [0.5, 0.6) is 5.75 Å². The van der Waals surface area contributed by atoms with Crippen molar-refractivity contribution < 1.29 is 23.0 Å². The molecule has 0 radical (unpaired) electrons. The minimum atomic E-state index is -0.811. The quantitative estimate of drug-likeness (QED) is 0.867. The summed E-state index contributed by atoms with van der Waals surface area (Å²) in [5.41, 5.74) is -0.811. The first-order valence-corrected chi connectivity index (χ1v) is 6.90. The van der Waals surface area contributed by atoms with E-state index in [4.69, 9.17) is 9.47 Å². The van der Waals surface area contributed by atoms with Crippen LogP contribution in [0.15, 0.2) is 18.2 Å². The van der Waals surface area contributed by atoms with Crippen LogP contribution in [0.25, 0.3) is 0 Å². The number of likely N-dealkylation sites (N-methyl/N-ethyl adjacent to an activating group) is 1. The molecule has 0 heterocycles. The van der Waals surface area contributed by atoms with Gasteiger partial charge in [0.1, 0.15) is 17.5 Å². The lowest BCUT2D eigenvalue weighted by Gasteiger charge is -2.38. The van der Waals surface area contributed by atoms with Crippen LogP contribution in [0.3, 0.4) is 0 Å². The lowest BCUT2D eigenvalue weighted by molar-refractivity contribution is -0.151. The van der Waals surface area contributed by atoms with Gasteiger partial charge in [-0.25, -0.2) is 8.78 Å². The number of benzene rings is 1. The Morgan fingerprint density at radius 3 is 2.81 bits per heavy atom. The van der Waals surface area contributed by atoms with Gasteiger partial charge in [0.15, 0.2) is 11.6 Å². The first-order chi connectivity index (χ1) is 10.0. The fourth-order valence-corrected chi connectivity index (χ4v) is 2.79. The number of hydrogen-bond acceptors (Lipinski definition) is 4. The van der Waals surface area contributed by atoms with Crippen LogP contribution in [0.4, 0.5) is 8.78 Å². The van der Waals surface area contributed by atoms with Crippen molar-refractivity contribution in [3.05, 3.63) is 29.8 Å². The van der Waals surface area contributed by atoms with Gasteiger partial charge in [-0.3, -0.25) is 4.79 Å². The summed E-state index contributed by atoms with van der Waals surface area (Å²) in [5, 5.41) is 3.00. The van der Waals surface area contributed by atoms with Crippen LogP contribution in [0.1, 0.15) is 25.7 Å². The second-order valence-electron chi connectivity index (χ2n) is 5.23. The van der Waals surface area contributed by atoms with Crippen molar-refractivity contribution in [2.75, 3.05) is 14.2 Å². The summed E-state index contributed by atoms with van der Waals surface area (Å²) in [4.78, 5) is 12.0. The molecule has 0 spiro atoms. The first-order valence-electron chi connectivity index (χ1n) is 6.90. The minimum Gasteiger partial charge on any atom is -0.487 e. The average molecular weight is 299 g/mol. The van der Waals surface area contributed by atoms with E-state index in [-0.39, 0.29) is 17.8 Å². The molecule has 1 fully saturated rings. The number of nitrogens with one attached hydrogen (secondary N) is 1. The molecule has 2 atom stereocenters. The Labute approximate surface area is 122 Å². The Bertz CT molecular complexity index is 524. The van der Waals surface area contributed by atoms with E-state index < -0.39 is 17.2 Å². The molecule has 1 aliphatic rings. The summed E-state index contributed by atoms with van der Waals surface area (Å²) in [5.74, 6) is -1.74. The molecular formula is C15H19F2NO3.